The molecular weight excluding hydrogens is 246 g/mol. The maximum atomic E-state index is 10.8. The van der Waals surface area contributed by atoms with Crippen molar-refractivity contribution in [2.75, 3.05) is 0 Å². The van der Waals surface area contributed by atoms with Crippen molar-refractivity contribution >= 4 is 5.97 Å². The molecule has 1 unspecified atom stereocenters. The highest BCUT2D eigenvalue weighted by Crippen LogP contribution is 2.32. The summed E-state index contributed by atoms with van der Waals surface area (Å²) in [6, 6.07) is 7.16. The summed E-state index contributed by atoms with van der Waals surface area (Å²) in [6.07, 6.45) is 2.21. The van der Waals surface area contributed by atoms with E-state index >= 15 is 0 Å². The molecule has 1 aliphatic rings. The molecule has 1 aliphatic heterocycles. The van der Waals surface area contributed by atoms with Gasteiger partial charge in [0.15, 0.2) is 11.5 Å². The maximum absolute atomic E-state index is 10.8. The molecule has 19 heavy (non-hydrogen) atoms. The van der Waals surface area contributed by atoms with Gasteiger partial charge in [0.25, 0.3) is 0 Å². The Hall–Kier alpha value is -2.30. The Bertz CT molecular complexity index is 632. The minimum absolute atomic E-state index is 0.0954. The molecule has 5 heteroatoms. The lowest BCUT2D eigenvalue weighted by molar-refractivity contribution is 0.0686. The first-order valence-corrected chi connectivity index (χ1v) is 6.13. The minimum atomic E-state index is -1.10. The Morgan fingerprint density at radius 3 is 3.00 bits per heavy atom. The number of aromatic nitrogens is 1. The fourth-order valence-corrected chi connectivity index (χ4v) is 2.17. The Kier molecular flexibility index (Phi) is 2.74. The van der Waals surface area contributed by atoms with Crippen molar-refractivity contribution in [3.63, 3.8) is 0 Å². The van der Waals surface area contributed by atoms with Gasteiger partial charge in [0, 0.05) is 11.6 Å². The first-order valence-electron chi connectivity index (χ1n) is 6.13. The summed E-state index contributed by atoms with van der Waals surface area (Å²) < 4.78 is 10.8. The molecular formula is C14H13NO4. The van der Waals surface area contributed by atoms with E-state index in [9.17, 15) is 4.79 Å². The second-order valence-electron chi connectivity index (χ2n) is 4.67. The van der Waals surface area contributed by atoms with Gasteiger partial charge in [-0.3, -0.25) is 0 Å². The number of rotatable bonds is 2. The number of carboxylic acid groups (broad SMARTS) is 1. The van der Waals surface area contributed by atoms with Crippen molar-refractivity contribution in [3.05, 3.63) is 35.5 Å². The third-order valence-corrected chi connectivity index (χ3v) is 3.23. The monoisotopic (exact) mass is 259 g/mol. The van der Waals surface area contributed by atoms with Crippen LogP contribution in [0.15, 0.2) is 28.8 Å². The lowest BCUT2D eigenvalue weighted by atomic mass is 10.0. The standard InChI is InChI=1S/C14H13NO4/c1-8-2-3-9-4-5-10(6-12(9)18-8)13-7-11(14(16)17)15-19-13/h4-8H,2-3H2,1H3,(H,16,17). The summed E-state index contributed by atoms with van der Waals surface area (Å²) in [5, 5.41) is 12.3. The lowest BCUT2D eigenvalue weighted by Crippen LogP contribution is -2.18. The third-order valence-electron chi connectivity index (χ3n) is 3.23. The molecule has 0 amide bonds. The topological polar surface area (TPSA) is 72.6 Å². The fourth-order valence-electron chi connectivity index (χ4n) is 2.17. The molecule has 5 nitrogen and oxygen atoms in total. The number of carboxylic acids is 1. The van der Waals surface area contributed by atoms with Crippen LogP contribution in [0.1, 0.15) is 29.4 Å². The molecule has 0 bridgehead atoms. The molecule has 0 radical (unpaired) electrons. The molecule has 1 aromatic carbocycles. The summed E-state index contributed by atoms with van der Waals surface area (Å²) in [5.41, 5.74) is 1.84. The van der Waals surface area contributed by atoms with Crippen molar-refractivity contribution < 1.29 is 19.2 Å². The number of hydrogen-bond donors (Lipinski definition) is 1. The zero-order valence-corrected chi connectivity index (χ0v) is 10.4. The molecule has 0 saturated carbocycles. The number of ether oxygens (including phenoxy) is 1. The van der Waals surface area contributed by atoms with Gasteiger partial charge in [-0.2, -0.15) is 0 Å². The summed E-state index contributed by atoms with van der Waals surface area (Å²) in [5.74, 6) is 0.171. The van der Waals surface area contributed by atoms with Crippen LogP contribution in [0.2, 0.25) is 0 Å². The molecule has 1 N–H and O–H groups in total. The van der Waals surface area contributed by atoms with Gasteiger partial charge < -0.3 is 14.4 Å². The SMILES string of the molecule is CC1CCc2ccc(-c3cc(C(=O)O)no3)cc2O1. The predicted molar refractivity (Wildman–Crippen MR) is 67.3 cm³/mol. The molecule has 0 aliphatic carbocycles. The first-order chi connectivity index (χ1) is 9.13. The lowest BCUT2D eigenvalue weighted by Gasteiger charge is -2.23. The van der Waals surface area contributed by atoms with Gasteiger partial charge in [0.2, 0.25) is 0 Å². The van der Waals surface area contributed by atoms with Crippen LogP contribution in [0.4, 0.5) is 0 Å². The normalized spacial score (nSPS) is 17.6. The highest BCUT2D eigenvalue weighted by atomic mass is 16.5. The van der Waals surface area contributed by atoms with Gasteiger partial charge in [-0.15, -0.1) is 0 Å². The Morgan fingerprint density at radius 2 is 2.26 bits per heavy atom. The van der Waals surface area contributed by atoms with Gasteiger partial charge in [-0.1, -0.05) is 17.3 Å². The van der Waals surface area contributed by atoms with E-state index < -0.39 is 5.97 Å². The van der Waals surface area contributed by atoms with E-state index in [4.69, 9.17) is 14.4 Å². The second kappa shape index (κ2) is 4.42. The minimum Gasteiger partial charge on any atom is -0.490 e. The number of carbonyl (C=O) groups is 1. The van der Waals surface area contributed by atoms with Crippen molar-refractivity contribution in [3.8, 4) is 17.1 Å². The highest BCUT2D eigenvalue weighted by molar-refractivity contribution is 5.86. The van der Waals surface area contributed by atoms with Crippen LogP contribution < -0.4 is 4.74 Å². The average Bonchev–Trinajstić information content (AvgIpc) is 2.87. The molecule has 3 rings (SSSR count). The molecule has 2 heterocycles. The van der Waals surface area contributed by atoms with Crippen molar-refractivity contribution in [1.29, 1.82) is 0 Å². The summed E-state index contributed by atoms with van der Waals surface area (Å²) in [7, 11) is 0. The fraction of sp³-hybridized carbons (Fsp3) is 0.286. The highest BCUT2D eigenvalue weighted by Gasteiger charge is 2.18. The van der Waals surface area contributed by atoms with Crippen LogP contribution >= 0.6 is 0 Å². The molecule has 1 atom stereocenters. The summed E-state index contributed by atoms with van der Waals surface area (Å²) in [4.78, 5) is 10.8. The number of nitrogens with zero attached hydrogens (tertiary/aromatic N) is 1. The molecule has 0 fully saturated rings. The van der Waals surface area contributed by atoms with Crippen LogP contribution in [0, 0.1) is 0 Å². The van der Waals surface area contributed by atoms with E-state index in [-0.39, 0.29) is 11.8 Å². The molecule has 98 valence electrons. The molecule has 0 saturated heterocycles. The van der Waals surface area contributed by atoms with Gasteiger partial charge >= 0.3 is 5.97 Å². The number of benzene rings is 1. The number of fused-ring (bicyclic) bond motifs is 1. The predicted octanol–water partition coefficient (Wildman–Crippen LogP) is 2.75. The zero-order chi connectivity index (χ0) is 13.4. The van der Waals surface area contributed by atoms with Gasteiger partial charge in [-0.05, 0) is 31.4 Å². The van der Waals surface area contributed by atoms with E-state index in [2.05, 4.69) is 5.16 Å². The van der Waals surface area contributed by atoms with Crippen molar-refractivity contribution in [1.82, 2.24) is 5.16 Å². The van der Waals surface area contributed by atoms with Gasteiger partial charge in [0.1, 0.15) is 5.75 Å². The Morgan fingerprint density at radius 1 is 1.42 bits per heavy atom. The van der Waals surface area contributed by atoms with Crippen LogP contribution in [-0.4, -0.2) is 22.3 Å². The van der Waals surface area contributed by atoms with E-state index in [1.807, 2.05) is 25.1 Å². The van der Waals surface area contributed by atoms with Gasteiger partial charge in [0.05, 0.1) is 6.10 Å². The summed E-state index contributed by atoms with van der Waals surface area (Å²) in [6.45, 7) is 2.03. The van der Waals surface area contributed by atoms with Crippen LogP contribution in [0.25, 0.3) is 11.3 Å². The average molecular weight is 259 g/mol. The van der Waals surface area contributed by atoms with E-state index in [1.54, 1.807) is 0 Å². The second-order valence-corrected chi connectivity index (χ2v) is 4.67. The van der Waals surface area contributed by atoms with Crippen LogP contribution in [-0.2, 0) is 6.42 Å². The van der Waals surface area contributed by atoms with Crippen molar-refractivity contribution in [2.24, 2.45) is 0 Å². The van der Waals surface area contributed by atoms with E-state index in [0.29, 0.717) is 5.76 Å². The van der Waals surface area contributed by atoms with E-state index in [1.165, 1.54) is 11.6 Å². The molecule has 0 spiro atoms. The Labute approximate surface area is 109 Å². The number of hydrogen-bond acceptors (Lipinski definition) is 4. The summed E-state index contributed by atoms with van der Waals surface area (Å²) >= 11 is 0. The van der Waals surface area contributed by atoms with Crippen LogP contribution in [0.3, 0.4) is 0 Å². The molecule has 1 aromatic heterocycles. The van der Waals surface area contributed by atoms with E-state index in [0.717, 1.165) is 24.2 Å². The first kappa shape index (κ1) is 11.8. The maximum Gasteiger partial charge on any atom is 0.358 e. The smallest absolute Gasteiger partial charge is 0.358 e. The quantitative estimate of drug-likeness (QED) is 0.897. The number of aromatic carboxylic acids is 1. The van der Waals surface area contributed by atoms with Crippen molar-refractivity contribution in [2.45, 2.75) is 25.9 Å². The largest absolute Gasteiger partial charge is 0.490 e. The zero-order valence-electron chi connectivity index (χ0n) is 10.4. The number of aryl methyl sites for hydroxylation is 1. The Balaban J connectivity index is 1.96. The third kappa shape index (κ3) is 2.19. The molecule has 2 aromatic rings. The van der Waals surface area contributed by atoms with Crippen LogP contribution in [0.5, 0.6) is 5.75 Å². The van der Waals surface area contributed by atoms with Gasteiger partial charge in [-0.25, -0.2) is 4.79 Å².